The van der Waals surface area contributed by atoms with Gasteiger partial charge in [-0.1, -0.05) is 71.4 Å². The highest BCUT2D eigenvalue weighted by Crippen LogP contribution is 2.32. The number of nitrogens with zero attached hydrogens (tertiary/aromatic N) is 1. The molecule has 1 aliphatic rings. The summed E-state index contributed by atoms with van der Waals surface area (Å²) < 4.78 is 0. The molecule has 1 atom stereocenters. The molecule has 0 spiro atoms. The SMILES string of the molecule is CCC(CC)C1CN=C(Nc2ccc(C(C)(C)C)cc2)S1. The summed E-state index contributed by atoms with van der Waals surface area (Å²) in [5.74, 6) is 0.779. The van der Waals surface area contributed by atoms with Crippen molar-refractivity contribution in [3.63, 3.8) is 0 Å². The average molecular weight is 305 g/mol. The Bertz CT molecular complexity index is 481. The fourth-order valence-electron chi connectivity index (χ4n) is 2.70. The third-order valence-electron chi connectivity index (χ3n) is 4.25. The van der Waals surface area contributed by atoms with Crippen LogP contribution in [-0.4, -0.2) is 17.0 Å². The summed E-state index contributed by atoms with van der Waals surface area (Å²) in [6.45, 7) is 12.3. The van der Waals surface area contributed by atoms with Crippen molar-refractivity contribution in [1.29, 1.82) is 0 Å². The lowest BCUT2D eigenvalue weighted by molar-refractivity contribution is 0.479. The van der Waals surface area contributed by atoms with E-state index in [2.05, 4.69) is 69.2 Å². The first kappa shape index (κ1) is 16.4. The standard InChI is InChI=1S/C18H28N2S/c1-6-13(7-2)16-12-19-17(21-16)20-15-10-8-14(9-11-15)18(3,4)5/h8-11,13,16H,6-7,12H2,1-5H3,(H,19,20). The molecule has 0 saturated heterocycles. The van der Waals surface area contributed by atoms with Crippen molar-refractivity contribution in [2.45, 2.75) is 58.1 Å². The highest BCUT2D eigenvalue weighted by atomic mass is 32.2. The van der Waals surface area contributed by atoms with E-state index in [-0.39, 0.29) is 5.41 Å². The Hall–Kier alpha value is -0.960. The predicted octanol–water partition coefficient (Wildman–Crippen LogP) is 5.30. The molecule has 1 aliphatic heterocycles. The van der Waals surface area contributed by atoms with Crippen LogP contribution in [0.4, 0.5) is 5.69 Å². The van der Waals surface area contributed by atoms with Crippen molar-refractivity contribution >= 4 is 22.6 Å². The van der Waals surface area contributed by atoms with Crippen molar-refractivity contribution in [2.24, 2.45) is 10.9 Å². The molecule has 21 heavy (non-hydrogen) atoms. The zero-order valence-corrected chi connectivity index (χ0v) is 14.8. The molecule has 0 aromatic heterocycles. The zero-order chi connectivity index (χ0) is 15.5. The quantitative estimate of drug-likeness (QED) is 0.816. The van der Waals surface area contributed by atoms with Gasteiger partial charge in [0.15, 0.2) is 5.17 Å². The van der Waals surface area contributed by atoms with E-state index in [9.17, 15) is 0 Å². The first-order valence-corrected chi connectivity index (χ1v) is 8.90. The summed E-state index contributed by atoms with van der Waals surface area (Å²) in [5.41, 5.74) is 2.71. The van der Waals surface area contributed by atoms with Crippen LogP contribution < -0.4 is 5.32 Å². The van der Waals surface area contributed by atoms with Crippen molar-refractivity contribution in [3.8, 4) is 0 Å². The van der Waals surface area contributed by atoms with Gasteiger partial charge in [0.05, 0.1) is 6.54 Å². The molecule has 116 valence electrons. The minimum Gasteiger partial charge on any atom is -0.335 e. The van der Waals surface area contributed by atoms with Crippen molar-refractivity contribution < 1.29 is 0 Å². The van der Waals surface area contributed by atoms with Gasteiger partial charge in [0.2, 0.25) is 0 Å². The van der Waals surface area contributed by atoms with Crippen LogP contribution in [-0.2, 0) is 5.41 Å². The number of amidine groups is 1. The Kier molecular flexibility index (Phi) is 5.37. The molecule has 1 aromatic rings. The van der Waals surface area contributed by atoms with Gasteiger partial charge in [0.1, 0.15) is 0 Å². The molecule has 3 heteroatoms. The molecule has 0 amide bonds. The van der Waals surface area contributed by atoms with Gasteiger partial charge in [0.25, 0.3) is 0 Å². The van der Waals surface area contributed by atoms with Crippen LogP contribution in [0.25, 0.3) is 0 Å². The molecular weight excluding hydrogens is 276 g/mol. The Labute approximate surface area is 133 Å². The molecule has 0 bridgehead atoms. The maximum atomic E-state index is 4.67. The molecule has 0 aliphatic carbocycles. The lowest BCUT2D eigenvalue weighted by Crippen LogP contribution is -2.17. The van der Waals surface area contributed by atoms with Gasteiger partial charge in [-0.05, 0) is 29.0 Å². The van der Waals surface area contributed by atoms with E-state index in [0.29, 0.717) is 5.25 Å². The normalized spacial score (nSPS) is 19.0. The maximum absolute atomic E-state index is 4.67. The van der Waals surface area contributed by atoms with Gasteiger partial charge >= 0.3 is 0 Å². The highest BCUT2D eigenvalue weighted by Gasteiger charge is 2.25. The number of nitrogens with one attached hydrogen (secondary N) is 1. The number of hydrogen-bond acceptors (Lipinski definition) is 3. The van der Waals surface area contributed by atoms with Gasteiger partial charge < -0.3 is 5.32 Å². The largest absolute Gasteiger partial charge is 0.335 e. The number of thioether (sulfide) groups is 1. The predicted molar refractivity (Wildman–Crippen MR) is 96.5 cm³/mol. The van der Waals surface area contributed by atoms with Gasteiger partial charge in [-0.2, -0.15) is 0 Å². The summed E-state index contributed by atoms with van der Waals surface area (Å²) in [6.07, 6.45) is 2.49. The fourth-order valence-corrected chi connectivity index (χ4v) is 4.04. The van der Waals surface area contributed by atoms with Crippen LogP contribution in [0.5, 0.6) is 0 Å². The molecule has 1 aromatic carbocycles. The molecular formula is C18H28N2S. The van der Waals surface area contributed by atoms with Gasteiger partial charge in [-0.15, -0.1) is 0 Å². The lowest BCUT2D eigenvalue weighted by Gasteiger charge is -2.20. The summed E-state index contributed by atoms with van der Waals surface area (Å²) >= 11 is 1.91. The second kappa shape index (κ2) is 6.87. The van der Waals surface area contributed by atoms with E-state index in [1.807, 2.05) is 11.8 Å². The van der Waals surface area contributed by atoms with Crippen molar-refractivity contribution in [3.05, 3.63) is 29.8 Å². The van der Waals surface area contributed by atoms with Gasteiger partial charge in [-0.3, -0.25) is 4.99 Å². The van der Waals surface area contributed by atoms with Crippen LogP contribution in [0.1, 0.15) is 53.0 Å². The number of rotatable bonds is 4. The number of aliphatic imine (C=N–C) groups is 1. The van der Waals surface area contributed by atoms with E-state index in [4.69, 9.17) is 0 Å². The fraction of sp³-hybridized carbons (Fsp3) is 0.611. The summed E-state index contributed by atoms with van der Waals surface area (Å²) in [7, 11) is 0. The summed E-state index contributed by atoms with van der Waals surface area (Å²) in [5, 5.41) is 5.19. The van der Waals surface area contributed by atoms with Crippen LogP contribution in [0.2, 0.25) is 0 Å². The molecule has 2 rings (SSSR count). The second-order valence-corrected chi connectivity index (χ2v) is 8.06. The third-order valence-corrected chi connectivity index (χ3v) is 5.55. The first-order valence-electron chi connectivity index (χ1n) is 8.02. The van der Waals surface area contributed by atoms with Crippen LogP contribution in [0.15, 0.2) is 29.3 Å². The number of hydrogen-bond donors (Lipinski definition) is 1. The summed E-state index contributed by atoms with van der Waals surface area (Å²) in [4.78, 5) is 4.67. The van der Waals surface area contributed by atoms with Crippen molar-refractivity contribution in [1.82, 2.24) is 0 Å². The second-order valence-electron chi connectivity index (χ2n) is 6.83. The number of benzene rings is 1. The minimum atomic E-state index is 0.207. The van der Waals surface area contributed by atoms with E-state index in [1.165, 1.54) is 18.4 Å². The van der Waals surface area contributed by atoms with Gasteiger partial charge in [-0.25, -0.2) is 0 Å². The van der Waals surface area contributed by atoms with Crippen LogP contribution in [0, 0.1) is 5.92 Å². The lowest BCUT2D eigenvalue weighted by atomic mass is 9.87. The first-order chi connectivity index (χ1) is 9.94. The van der Waals surface area contributed by atoms with E-state index >= 15 is 0 Å². The Morgan fingerprint density at radius 1 is 1.19 bits per heavy atom. The van der Waals surface area contributed by atoms with Gasteiger partial charge in [0, 0.05) is 10.9 Å². The Morgan fingerprint density at radius 3 is 2.33 bits per heavy atom. The molecule has 0 saturated carbocycles. The molecule has 1 unspecified atom stereocenters. The van der Waals surface area contributed by atoms with Crippen LogP contribution >= 0.6 is 11.8 Å². The third kappa shape index (κ3) is 4.26. The zero-order valence-electron chi connectivity index (χ0n) is 13.9. The van der Waals surface area contributed by atoms with Crippen LogP contribution in [0.3, 0.4) is 0 Å². The highest BCUT2D eigenvalue weighted by molar-refractivity contribution is 8.15. The topological polar surface area (TPSA) is 24.4 Å². The van der Waals surface area contributed by atoms with E-state index < -0.39 is 0 Å². The minimum absolute atomic E-state index is 0.207. The van der Waals surface area contributed by atoms with E-state index in [1.54, 1.807) is 0 Å². The Balaban J connectivity index is 1.94. The molecule has 1 heterocycles. The van der Waals surface area contributed by atoms with Crippen molar-refractivity contribution in [2.75, 3.05) is 11.9 Å². The molecule has 0 radical (unpaired) electrons. The number of anilines is 1. The average Bonchev–Trinajstić information content (AvgIpc) is 2.88. The summed E-state index contributed by atoms with van der Waals surface area (Å²) in [6, 6.07) is 8.74. The monoisotopic (exact) mass is 304 g/mol. The Morgan fingerprint density at radius 2 is 1.81 bits per heavy atom. The maximum Gasteiger partial charge on any atom is 0.161 e. The smallest absolute Gasteiger partial charge is 0.161 e. The molecule has 1 N–H and O–H groups in total. The molecule has 0 fully saturated rings. The molecule has 2 nitrogen and oxygen atoms in total. The van der Waals surface area contributed by atoms with E-state index in [0.717, 1.165) is 23.3 Å².